The SMILES string of the molecule is O=S(O)(O)=[S+]Cc1cccc(-c2ccccc2)c1. The molecule has 0 radical (unpaired) electrons. The molecule has 0 aromatic heterocycles. The van der Waals surface area contributed by atoms with Crippen molar-refractivity contribution in [1.82, 2.24) is 0 Å². The predicted octanol–water partition coefficient (Wildman–Crippen LogP) is 3.08. The van der Waals surface area contributed by atoms with E-state index >= 15 is 0 Å². The van der Waals surface area contributed by atoms with Crippen LogP contribution in [-0.2, 0) is 25.1 Å². The van der Waals surface area contributed by atoms with E-state index in [2.05, 4.69) is 0 Å². The highest BCUT2D eigenvalue weighted by Crippen LogP contribution is 2.20. The maximum absolute atomic E-state index is 10.8. The molecule has 2 aromatic carbocycles. The molecule has 0 fully saturated rings. The average molecular weight is 281 g/mol. The summed E-state index contributed by atoms with van der Waals surface area (Å²) in [6.45, 7) is 0. The van der Waals surface area contributed by atoms with Crippen LogP contribution in [0, 0.1) is 0 Å². The first-order valence-electron chi connectivity index (χ1n) is 5.32. The summed E-state index contributed by atoms with van der Waals surface area (Å²) in [6.07, 6.45) is 0. The second-order valence-electron chi connectivity index (χ2n) is 3.78. The number of rotatable bonds is 3. The molecule has 2 aromatic rings. The molecular formula is C13H13O3S2+. The second-order valence-corrected chi connectivity index (χ2v) is 7.21. The van der Waals surface area contributed by atoms with Gasteiger partial charge in [0.25, 0.3) is 10.3 Å². The Morgan fingerprint density at radius 3 is 2.28 bits per heavy atom. The Morgan fingerprint density at radius 2 is 1.61 bits per heavy atom. The van der Waals surface area contributed by atoms with Crippen molar-refractivity contribution in [2.45, 2.75) is 5.75 Å². The van der Waals surface area contributed by atoms with Crippen LogP contribution >= 0.6 is 0 Å². The van der Waals surface area contributed by atoms with Gasteiger partial charge in [-0.05, 0) is 17.2 Å². The zero-order chi connectivity index (χ0) is 13.0. The largest absolute Gasteiger partial charge is 0.430 e. The molecule has 0 heterocycles. The molecule has 94 valence electrons. The first-order valence-corrected chi connectivity index (χ1v) is 8.30. The van der Waals surface area contributed by atoms with Crippen molar-refractivity contribution in [2.24, 2.45) is 0 Å². The normalized spacial score (nSPS) is 11.2. The Balaban J connectivity index is 2.29. The third kappa shape index (κ3) is 3.89. The smallest absolute Gasteiger partial charge is 0.251 e. The third-order valence-electron chi connectivity index (χ3n) is 2.41. The number of hydrogen-bond donors (Lipinski definition) is 2. The highest BCUT2D eigenvalue weighted by atomic mass is 32.9. The van der Waals surface area contributed by atoms with Gasteiger partial charge in [-0.2, -0.15) is 4.21 Å². The summed E-state index contributed by atoms with van der Waals surface area (Å²) in [5, 5.41) is 0. The van der Waals surface area contributed by atoms with Crippen molar-refractivity contribution in [1.29, 1.82) is 0 Å². The first kappa shape index (κ1) is 13.2. The molecule has 18 heavy (non-hydrogen) atoms. The molecule has 0 aliphatic heterocycles. The third-order valence-corrected chi connectivity index (χ3v) is 4.45. The average Bonchev–Trinajstić information content (AvgIpc) is 2.37. The van der Waals surface area contributed by atoms with Crippen LogP contribution in [0.15, 0.2) is 54.6 Å². The fourth-order valence-corrected chi connectivity index (χ4v) is 2.95. The molecule has 0 atom stereocenters. The zero-order valence-electron chi connectivity index (χ0n) is 9.52. The van der Waals surface area contributed by atoms with Crippen molar-refractivity contribution in [3.05, 3.63) is 60.2 Å². The molecule has 0 saturated carbocycles. The Labute approximate surface area is 110 Å². The van der Waals surface area contributed by atoms with E-state index in [9.17, 15) is 4.21 Å². The highest BCUT2D eigenvalue weighted by Gasteiger charge is 2.11. The Hall–Kier alpha value is -1.27. The van der Waals surface area contributed by atoms with Gasteiger partial charge in [-0.3, -0.25) is 9.11 Å². The van der Waals surface area contributed by atoms with Gasteiger partial charge in [0.1, 0.15) is 0 Å². The lowest BCUT2D eigenvalue weighted by atomic mass is 10.0. The van der Waals surface area contributed by atoms with Crippen molar-refractivity contribution in [3.8, 4) is 11.1 Å². The number of hydrogen-bond acceptors (Lipinski definition) is 1. The molecule has 2 N–H and O–H groups in total. The minimum absolute atomic E-state index is 0.298. The molecular weight excluding hydrogens is 268 g/mol. The van der Waals surface area contributed by atoms with Crippen LogP contribution in [0.1, 0.15) is 5.56 Å². The Morgan fingerprint density at radius 1 is 0.944 bits per heavy atom. The summed E-state index contributed by atoms with van der Waals surface area (Å²) in [6, 6.07) is 17.6. The van der Waals surface area contributed by atoms with Crippen LogP contribution in [0.4, 0.5) is 0 Å². The van der Waals surface area contributed by atoms with Gasteiger partial charge in [0, 0.05) is 5.56 Å². The van der Waals surface area contributed by atoms with E-state index < -0.39 is 9.05 Å². The minimum Gasteiger partial charge on any atom is -0.251 e. The topological polar surface area (TPSA) is 57.5 Å². The van der Waals surface area contributed by atoms with Gasteiger partial charge >= 0.3 is 9.05 Å². The van der Waals surface area contributed by atoms with Gasteiger partial charge < -0.3 is 0 Å². The van der Waals surface area contributed by atoms with Crippen LogP contribution in [0.25, 0.3) is 11.1 Å². The lowest BCUT2D eigenvalue weighted by molar-refractivity contribution is 0.450. The summed E-state index contributed by atoms with van der Waals surface area (Å²) in [4.78, 5) is 0. The summed E-state index contributed by atoms with van der Waals surface area (Å²) in [5.41, 5.74) is 3.05. The lowest BCUT2D eigenvalue weighted by Crippen LogP contribution is -1.97. The fourth-order valence-electron chi connectivity index (χ4n) is 1.62. The van der Waals surface area contributed by atoms with Crippen LogP contribution in [0.5, 0.6) is 0 Å². The van der Waals surface area contributed by atoms with Gasteiger partial charge in [-0.1, -0.05) is 48.5 Å². The van der Waals surface area contributed by atoms with E-state index in [0.717, 1.165) is 16.7 Å². The maximum atomic E-state index is 10.8. The van der Waals surface area contributed by atoms with E-state index in [1.54, 1.807) is 0 Å². The predicted molar refractivity (Wildman–Crippen MR) is 76.3 cm³/mol. The molecule has 0 amide bonds. The zero-order valence-corrected chi connectivity index (χ0v) is 11.2. The van der Waals surface area contributed by atoms with Gasteiger partial charge in [0.2, 0.25) is 5.75 Å². The van der Waals surface area contributed by atoms with Gasteiger partial charge in [-0.15, -0.1) is 0 Å². The highest BCUT2D eigenvalue weighted by molar-refractivity contribution is 8.33. The molecule has 0 aliphatic carbocycles. The Kier molecular flexibility index (Phi) is 4.08. The molecule has 5 heteroatoms. The molecule has 0 unspecified atom stereocenters. The van der Waals surface area contributed by atoms with Gasteiger partial charge in [-0.25, -0.2) is 0 Å². The van der Waals surface area contributed by atoms with E-state index in [1.807, 2.05) is 54.6 Å². The van der Waals surface area contributed by atoms with Crippen LogP contribution in [-0.4, -0.2) is 13.3 Å². The summed E-state index contributed by atoms with van der Waals surface area (Å²) < 4.78 is 28.4. The number of benzene rings is 2. The van der Waals surface area contributed by atoms with Crippen LogP contribution in [0.3, 0.4) is 0 Å². The molecule has 3 nitrogen and oxygen atoms in total. The second kappa shape index (κ2) is 5.58. The standard InChI is InChI=1S/C13H12O3S2/c14-18(15,16)17-10-11-5-4-8-13(9-11)12-6-2-1-3-7-12/h1-9H,10H2,(H-,14,15,16)/p+1. The molecule has 0 bridgehead atoms. The summed E-state index contributed by atoms with van der Waals surface area (Å²) >= 11 is 0. The Bertz CT molecular complexity index is 636. The van der Waals surface area contributed by atoms with E-state index in [0.29, 0.717) is 16.1 Å². The van der Waals surface area contributed by atoms with Crippen molar-refractivity contribution in [2.75, 3.05) is 0 Å². The monoisotopic (exact) mass is 281 g/mol. The van der Waals surface area contributed by atoms with Gasteiger partial charge in [0.05, 0.1) is 0 Å². The maximum Gasteiger partial charge on any atom is 0.430 e. The summed E-state index contributed by atoms with van der Waals surface area (Å²) in [5.74, 6) is 0.298. The van der Waals surface area contributed by atoms with Gasteiger partial charge in [0.15, 0.2) is 0 Å². The first-order chi connectivity index (χ1) is 8.54. The fraction of sp³-hybridized carbons (Fsp3) is 0.0769. The van der Waals surface area contributed by atoms with Crippen LogP contribution in [0.2, 0.25) is 0 Å². The molecule has 2 rings (SSSR count). The van der Waals surface area contributed by atoms with E-state index in [1.165, 1.54) is 0 Å². The molecule has 0 saturated heterocycles. The van der Waals surface area contributed by atoms with Crippen molar-refractivity contribution < 1.29 is 13.3 Å². The van der Waals surface area contributed by atoms with Crippen LogP contribution < -0.4 is 0 Å². The quantitative estimate of drug-likeness (QED) is 0.850. The minimum atomic E-state index is -3.73. The van der Waals surface area contributed by atoms with Crippen molar-refractivity contribution in [3.63, 3.8) is 0 Å². The lowest BCUT2D eigenvalue weighted by Gasteiger charge is -2.01. The molecule has 0 spiro atoms. The van der Waals surface area contributed by atoms with Crippen molar-refractivity contribution >= 4 is 19.4 Å². The van der Waals surface area contributed by atoms with E-state index in [-0.39, 0.29) is 0 Å². The molecule has 0 aliphatic rings. The summed E-state index contributed by atoms with van der Waals surface area (Å²) in [7, 11) is -3.10. The van der Waals surface area contributed by atoms with E-state index in [4.69, 9.17) is 9.11 Å².